The van der Waals surface area contributed by atoms with Gasteiger partial charge in [0.2, 0.25) is 0 Å². The molecule has 0 heterocycles. The first kappa shape index (κ1) is 22.5. The van der Waals surface area contributed by atoms with E-state index >= 15 is 0 Å². The van der Waals surface area contributed by atoms with E-state index in [1.165, 1.54) is 32.1 Å². The van der Waals surface area contributed by atoms with E-state index in [-0.39, 0.29) is 6.09 Å². The number of amides is 1. The van der Waals surface area contributed by atoms with Gasteiger partial charge in [0.25, 0.3) is 0 Å². The van der Waals surface area contributed by atoms with Crippen LogP contribution in [0.1, 0.15) is 65.7 Å². The molecule has 0 aromatic carbocycles. The van der Waals surface area contributed by atoms with Crippen molar-refractivity contribution in [1.29, 1.82) is 0 Å². The molecular formula is C19H38N4O3. The van der Waals surface area contributed by atoms with Crippen molar-refractivity contribution in [2.75, 3.05) is 33.3 Å². The molecule has 3 N–H and O–H groups in total. The van der Waals surface area contributed by atoms with Gasteiger partial charge in [-0.3, -0.25) is 4.99 Å². The van der Waals surface area contributed by atoms with Gasteiger partial charge in [0.1, 0.15) is 5.60 Å². The van der Waals surface area contributed by atoms with Crippen LogP contribution in [0.5, 0.6) is 0 Å². The number of nitrogens with zero attached hydrogens (tertiary/aromatic N) is 1. The fraction of sp³-hybridized carbons (Fsp3) is 0.895. The Morgan fingerprint density at radius 1 is 1.00 bits per heavy atom. The Labute approximate surface area is 158 Å². The number of carbonyl (C=O) groups is 1. The van der Waals surface area contributed by atoms with E-state index in [1.54, 1.807) is 7.05 Å². The molecule has 0 bridgehead atoms. The Hall–Kier alpha value is -1.50. The molecule has 0 saturated heterocycles. The number of hydrogen-bond donors (Lipinski definition) is 3. The summed E-state index contributed by atoms with van der Waals surface area (Å²) in [6.45, 7) is 8.48. The predicted molar refractivity (Wildman–Crippen MR) is 106 cm³/mol. The maximum Gasteiger partial charge on any atom is 0.407 e. The number of nitrogens with one attached hydrogen (secondary N) is 3. The molecule has 26 heavy (non-hydrogen) atoms. The summed E-state index contributed by atoms with van der Waals surface area (Å²) in [5.74, 6) is 0.778. The molecule has 0 aliphatic heterocycles. The lowest BCUT2D eigenvalue weighted by Gasteiger charge is -2.22. The van der Waals surface area contributed by atoms with E-state index in [0.717, 1.165) is 38.5 Å². The van der Waals surface area contributed by atoms with Crippen LogP contribution in [0.15, 0.2) is 4.99 Å². The standard InChI is InChI=1S/C19H38N4O3/c1-19(2,3)26-18(24)23-13-8-12-21-17(20-4)22-14-9-15-25-16-10-6-5-7-11-16/h16H,5-15H2,1-4H3,(H,23,24)(H2,20,21,22). The number of carbonyl (C=O) groups excluding carboxylic acids is 1. The zero-order valence-electron chi connectivity index (χ0n) is 17.0. The zero-order valence-corrected chi connectivity index (χ0v) is 17.0. The van der Waals surface area contributed by atoms with Gasteiger partial charge in [-0.2, -0.15) is 0 Å². The highest BCUT2D eigenvalue weighted by Gasteiger charge is 2.15. The van der Waals surface area contributed by atoms with Gasteiger partial charge >= 0.3 is 6.09 Å². The first-order chi connectivity index (χ1) is 12.4. The lowest BCUT2D eigenvalue weighted by atomic mass is 9.98. The minimum atomic E-state index is -0.463. The maximum absolute atomic E-state index is 11.5. The van der Waals surface area contributed by atoms with E-state index in [0.29, 0.717) is 12.6 Å². The van der Waals surface area contributed by atoms with Gasteiger partial charge in [0.15, 0.2) is 5.96 Å². The minimum Gasteiger partial charge on any atom is -0.444 e. The predicted octanol–water partition coefficient (Wildman–Crippen LogP) is 2.81. The normalized spacial score (nSPS) is 16.2. The van der Waals surface area contributed by atoms with Gasteiger partial charge in [0, 0.05) is 33.3 Å². The third kappa shape index (κ3) is 12.0. The second-order valence-corrected chi connectivity index (χ2v) is 7.69. The van der Waals surface area contributed by atoms with Crippen molar-refractivity contribution in [3.05, 3.63) is 0 Å². The first-order valence-electron chi connectivity index (χ1n) is 9.93. The summed E-state index contributed by atoms with van der Waals surface area (Å²) in [6, 6.07) is 0. The topological polar surface area (TPSA) is 84.0 Å². The van der Waals surface area contributed by atoms with Crippen LogP contribution in [0.25, 0.3) is 0 Å². The van der Waals surface area contributed by atoms with Crippen LogP contribution in [0.2, 0.25) is 0 Å². The van der Waals surface area contributed by atoms with Crippen molar-refractivity contribution in [3.8, 4) is 0 Å². The SMILES string of the molecule is CN=C(NCCCNC(=O)OC(C)(C)C)NCCCOC1CCCCC1. The average Bonchev–Trinajstić information content (AvgIpc) is 2.58. The summed E-state index contributed by atoms with van der Waals surface area (Å²) in [7, 11) is 1.76. The summed E-state index contributed by atoms with van der Waals surface area (Å²) in [5, 5.41) is 9.27. The highest BCUT2D eigenvalue weighted by Crippen LogP contribution is 2.20. The number of aliphatic imine (C=N–C) groups is 1. The fourth-order valence-corrected chi connectivity index (χ4v) is 2.78. The van der Waals surface area contributed by atoms with E-state index in [2.05, 4.69) is 20.9 Å². The number of rotatable bonds is 9. The number of guanidine groups is 1. The molecule has 1 saturated carbocycles. The molecule has 0 aromatic rings. The third-order valence-electron chi connectivity index (χ3n) is 4.06. The van der Waals surface area contributed by atoms with Crippen molar-refractivity contribution in [3.63, 3.8) is 0 Å². The average molecular weight is 371 g/mol. The van der Waals surface area contributed by atoms with Crippen molar-refractivity contribution >= 4 is 12.1 Å². The first-order valence-corrected chi connectivity index (χ1v) is 9.93. The number of alkyl carbamates (subject to hydrolysis) is 1. The molecule has 1 aliphatic rings. The van der Waals surface area contributed by atoms with Crippen molar-refractivity contribution in [1.82, 2.24) is 16.0 Å². The van der Waals surface area contributed by atoms with Gasteiger partial charge in [0.05, 0.1) is 6.10 Å². The van der Waals surface area contributed by atoms with Crippen LogP contribution in [0, 0.1) is 0 Å². The number of ether oxygens (including phenoxy) is 2. The highest BCUT2D eigenvalue weighted by molar-refractivity contribution is 5.79. The molecule has 0 radical (unpaired) electrons. The van der Waals surface area contributed by atoms with Gasteiger partial charge in [-0.1, -0.05) is 19.3 Å². The molecule has 1 fully saturated rings. The second-order valence-electron chi connectivity index (χ2n) is 7.69. The second kappa shape index (κ2) is 12.8. The highest BCUT2D eigenvalue weighted by atomic mass is 16.6. The lowest BCUT2D eigenvalue weighted by molar-refractivity contribution is 0.0277. The van der Waals surface area contributed by atoms with Crippen LogP contribution in [-0.4, -0.2) is 57.0 Å². The summed E-state index contributed by atoms with van der Waals surface area (Å²) >= 11 is 0. The van der Waals surface area contributed by atoms with Crippen molar-refractivity contribution < 1.29 is 14.3 Å². The molecule has 1 amide bonds. The lowest BCUT2D eigenvalue weighted by Crippen LogP contribution is -2.39. The van der Waals surface area contributed by atoms with Crippen LogP contribution < -0.4 is 16.0 Å². The summed E-state index contributed by atoms with van der Waals surface area (Å²) < 4.78 is 11.1. The molecule has 1 aliphatic carbocycles. The molecule has 7 nitrogen and oxygen atoms in total. The Morgan fingerprint density at radius 2 is 1.62 bits per heavy atom. The van der Waals surface area contributed by atoms with Gasteiger partial charge in [-0.15, -0.1) is 0 Å². The van der Waals surface area contributed by atoms with Gasteiger partial charge in [-0.25, -0.2) is 4.79 Å². The van der Waals surface area contributed by atoms with Crippen molar-refractivity contribution in [2.45, 2.75) is 77.4 Å². The molecular weight excluding hydrogens is 332 g/mol. The van der Waals surface area contributed by atoms with Crippen LogP contribution >= 0.6 is 0 Å². The quantitative estimate of drug-likeness (QED) is 0.330. The largest absolute Gasteiger partial charge is 0.444 e. The molecule has 1 rings (SSSR count). The Balaban J connectivity index is 1.98. The van der Waals surface area contributed by atoms with Crippen molar-refractivity contribution in [2.24, 2.45) is 4.99 Å². The van der Waals surface area contributed by atoms with Gasteiger partial charge < -0.3 is 25.4 Å². The minimum absolute atomic E-state index is 0.377. The van der Waals surface area contributed by atoms with E-state index in [9.17, 15) is 4.79 Å². The summed E-state index contributed by atoms with van der Waals surface area (Å²) in [4.78, 5) is 15.7. The van der Waals surface area contributed by atoms with Crippen LogP contribution in [0.3, 0.4) is 0 Å². The third-order valence-corrected chi connectivity index (χ3v) is 4.06. The fourth-order valence-electron chi connectivity index (χ4n) is 2.78. The van der Waals surface area contributed by atoms with Gasteiger partial charge in [-0.05, 0) is 46.5 Å². The Kier molecular flexibility index (Phi) is 11.1. The number of hydrogen-bond acceptors (Lipinski definition) is 4. The van der Waals surface area contributed by atoms with Crippen LogP contribution in [0.4, 0.5) is 4.79 Å². The smallest absolute Gasteiger partial charge is 0.407 e. The summed E-state index contributed by atoms with van der Waals surface area (Å²) in [6.07, 6.45) is 8.27. The van der Waals surface area contributed by atoms with E-state index in [1.807, 2.05) is 20.8 Å². The maximum atomic E-state index is 11.5. The molecule has 152 valence electrons. The molecule has 0 atom stereocenters. The molecule has 0 aromatic heterocycles. The monoisotopic (exact) mass is 370 g/mol. The molecule has 0 spiro atoms. The van der Waals surface area contributed by atoms with E-state index < -0.39 is 5.60 Å². The Bertz CT molecular complexity index is 415. The van der Waals surface area contributed by atoms with E-state index in [4.69, 9.17) is 9.47 Å². The zero-order chi connectivity index (χ0) is 19.3. The summed E-state index contributed by atoms with van der Waals surface area (Å²) in [5.41, 5.74) is -0.463. The Morgan fingerprint density at radius 3 is 2.23 bits per heavy atom. The molecule has 0 unspecified atom stereocenters. The molecule has 7 heteroatoms. The van der Waals surface area contributed by atoms with Crippen LogP contribution in [-0.2, 0) is 9.47 Å².